The second-order valence-electron chi connectivity index (χ2n) is 8.28. The third-order valence-electron chi connectivity index (χ3n) is 5.48. The van der Waals surface area contributed by atoms with Crippen molar-refractivity contribution in [2.24, 2.45) is 0 Å². The zero-order chi connectivity index (χ0) is 26.7. The molecule has 0 radical (unpaired) electrons. The highest BCUT2D eigenvalue weighted by molar-refractivity contribution is 9.10. The number of anilines is 2. The Morgan fingerprint density at radius 3 is 2.43 bits per heavy atom. The molecule has 2 N–H and O–H groups in total. The van der Waals surface area contributed by atoms with E-state index in [4.69, 9.17) is 4.74 Å². The summed E-state index contributed by atoms with van der Waals surface area (Å²) < 4.78 is 6.94. The largest absolute Gasteiger partial charge is 0.483 e. The standard InChI is InChI=1S/C27H21Br2N3O5/c1-15-3-4-16(2)22(11-15)30-24(33)14-37-23-10-5-17(13-21(23)29)12-20-25(34)31-27(36)32(26(20)35)19-8-6-18(28)7-9-19/h3-13H,14H2,1-2H3,(H,30,33)(H,31,34,36)/b20-12+. The Bertz CT molecular complexity index is 1450. The number of hydrogen-bond acceptors (Lipinski definition) is 5. The molecule has 3 aromatic rings. The summed E-state index contributed by atoms with van der Waals surface area (Å²) in [7, 11) is 0. The van der Waals surface area contributed by atoms with E-state index in [0.29, 0.717) is 21.5 Å². The van der Waals surface area contributed by atoms with Crippen molar-refractivity contribution in [1.29, 1.82) is 0 Å². The molecule has 1 fully saturated rings. The van der Waals surface area contributed by atoms with Crippen LogP contribution in [0.1, 0.15) is 16.7 Å². The third kappa shape index (κ3) is 6.15. The van der Waals surface area contributed by atoms with Gasteiger partial charge in [-0.2, -0.15) is 0 Å². The van der Waals surface area contributed by atoms with Crippen LogP contribution in [0.4, 0.5) is 16.2 Å². The Kier molecular flexibility index (Phi) is 7.89. The number of halogens is 2. The van der Waals surface area contributed by atoms with Crippen LogP contribution in [0.25, 0.3) is 6.08 Å². The van der Waals surface area contributed by atoms with Crippen molar-refractivity contribution in [2.75, 3.05) is 16.8 Å². The Hall–Kier alpha value is -3.76. The number of nitrogens with one attached hydrogen (secondary N) is 2. The molecule has 0 unspecified atom stereocenters. The molecule has 3 aromatic carbocycles. The lowest BCUT2D eigenvalue weighted by molar-refractivity contribution is -0.122. The van der Waals surface area contributed by atoms with E-state index in [2.05, 4.69) is 42.5 Å². The fourth-order valence-electron chi connectivity index (χ4n) is 3.57. The molecule has 188 valence electrons. The van der Waals surface area contributed by atoms with E-state index in [1.807, 2.05) is 32.0 Å². The minimum atomic E-state index is -0.821. The predicted molar refractivity (Wildman–Crippen MR) is 147 cm³/mol. The third-order valence-corrected chi connectivity index (χ3v) is 6.63. The van der Waals surface area contributed by atoms with E-state index in [1.165, 1.54) is 6.08 Å². The van der Waals surface area contributed by atoms with Crippen LogP contribution < -0.4 is 20.3 Å². The van der Waals surface area contributed by atoms with Gasteiger partial charge in [0.1, 0.15) is 11.3 Å². The zero-order valence-corrected chi connectivity index (χ0v) is 23.0. The van der Waals surface area contributed by atoms with Crippen molar-refractivity contribution < 1.29 is 23.9 Å². The first kappa shape index (κ1) is 26.3. The van der Waals surface area contributed by atoms with E-state index in [9.17, 15) is 19.2 Å². The van der Waals surface area contributed by atoms with Crippen molar-refractivity contribution >= 4 is 73.1 Å². The molecule has 0 saturated carbocycles. The lowest BCUT2D eigenvalue weighted by atomic mass is 10.1. The van der Waals surface area contributed by atoms with Crippen molar-refractivity contribution in [2.45, 2.75) is 13.8 Å². The molecule has 0 spiro atoms. The number of aryl methyl sites for hydroxylation is 2. The Balaban J connectivity index is 1.47. The maximum absolute atomic E-state index is 13.0. The first-order chi connectivity index (χ1) is 17.6. The van der Waals surface area contributed by atoms with Gasteiger partial charge in [-0.25, -0.2) is 9.69 Å². The van der Waals surface area contributed by atoms with E-state index in [0.717, 1.165) is 26.2 Å². The second-order valence-corrected chi connectivity index (χ2v) is 10.0. The van der Waals surface area contributed by atoms with Crippen LogP contribution in [-0.2, 0) is 14.4 Å². The number of carbonyl (C=O) groups is 4. The summed E-state index contributed by atoms with van der Waals surface area (Å²) in [5, 5.41) is 5.03. The SMILES string of the molecule is Cc1ccc(C)c(NC(=O)COc2ccc(/C=C3\C(=O)NC(=O)N(c4ccc(Br)cc4)C3=O)cc2Br)c1. The number of carbonyl (C=O) groups excluding carboxylic acids is 4. The fraction of sp³-hybridized carbons (Fsp3) is 0.111. The maximum atomic E-state index is 13.0. The molecular formula is C27H21Br2N3O5. The number of barbiturate groups is 1. The molecule has 1 aliphatic rings. The van der Waals surface area contributed by atoms with Crippen LogP contribution in [0.5, 0.6) is 5.75 Å². The van der Waals surface area contributed by atoms with Gasteiger partial charge in [0, 0.05) is 10.2 Å². The molecule has 37 heavy (non-hydrogen) atoms. The van der Waals surface area contributed by atoms with E-state index in [-0.39, 0.29) is 18.1 Å². The normalized spacial score (nSPS) is 14.5. The van der Waals surface area contributed by atoms with Gasteiger partial charge in [-0.05, 0) is 95.0 Å². The first-order valence-corrected chi connectivity index (χ1v) is 12.7. The average Bonchev–Trinajstić information content (AvgIpc) is 2.84. The Morgan fingerprint density at radius 1 is 1.00 bits per heavy atom. The molecule has 4 rings (SSSR count). The van der Waals surface area contributed by atoms with E-state index >= 15 is 0 Å². The van der Waals surface area contributed by atoms with Gasteiger partial charge in [-0.3, -0.25) is 19.7 Å². The summed E-state index contributed by atoms with van der Waals surface area (Å²) in [4.78, 5) is 51.1. The number of benzene rings is 3. The summed E-state index contributed by atoms with van der Waals surface area (Å²) in [6.45, 7) is 3.64. The van der Waals surface area contributed by atoms with Crippen molar-refractivity contribution in [3.05, 3.63) is 91.9 Å². The van der Waals surface area contributed by atoms with Crippen LogP contribution in [-0.4, -0.2) is 30.4 Å². The van der Waals surface area contributed by atoms with Crippen LogP contribution in [0.2, 0.25) is 0 Å². The highest BCUT2D eigenvalue weighted by atomic mass is 79.9. The quantitative estimate of drug-likeness (QED) is 0.277. The van der Waals surface area contributed by atoms with Crippen LogP contribution in [0.15, 0.2) is 75.2 Å². The van der Waals surface area contributed by atoms with E-state index in [1.54, 1.807) is 42.5 Å². The minimum Gasteiger partial charge on any atom is -0.483 e. The van der Waals surface area contributed by atoms with Gasteiger partial charge < -0.3 is 10.1 Å². The summed E-state index contributed by atoms with van der Waals surface area (Å²) in [6.07, 6.45) is 1.39. The minimum absolute atomic E-state index is 0.198. The summed E-state index contributed by atoms with van der Waals surface area (Å²) in [5.74, 6) is -1.43. The first-order valence-electron chi connectivity index (χ1n) is 11.1. The number of ether oxygens (including phenoxy) is 1. The summed E-state index contributed by atoms with van der Waals surface area (Å²) in [6, 6.07) is 16.4. The van der Waals surface area contributed by atoms with Gasteiger partial charge in [0.2, 0.25) is 0 Å². The highest BCUT2D eigenvalue weighted by Gasteiger charge is 2.36. The lowest BCUT2D eigenvalue weighted by Gasteiger charge is -2.26. The number of amides is 5. The van der Waals surface area contributed by atoms with Crippen molar-refractivity contribution in [3.63, 3.8) is 0 Å². The molecule has 10 heteroatoms. The molecule has 1 aliphatic heterocycles. The predicted octanol–water partition coefficient (Wildman–Crippen LogP) is 5.51. The molecule has 1 saturated heterocycles. The molecule has 1 heterocycles. The molecule has 0 bridgehead atoms. The molecule has 0 aliphatic carbocycles. The highest BCUT2D eigenvalue weighted by Crippen LogP contribution is 2.29. The smallest absolute Gasteiger partial charge is 0.335 e. The monoisotopic (exact) mass is 625 g/mol. The Labute approximate surface area is 229 Å². The van der Waals surface area contributed by atoms with Gasteiger partial charge in [0.05, 0.1) is 10.2 Å². The van der Waals surface area contributed by atoms with Gasteiger partial charge in [-0.15, -0.1) is 0 Å². The topological polar surface area (TPSA) is 105 Å². The zero-order valence-electron chi connectivity index (χ0n) is 19.8. The van der Waals surface area contributed by atoms with Crippen LogP contribution in [0.3, 0.4) is 0 Å². The van der Waals surface area contributed by atoms with Crippen LogP contribution in [0, 0.1) is 13.8 Å². The summed E-state index contributed by atoms with van der Waals surface area (Å²) >= 11 is 6.72. The van der Waals surface area contributed by atoms with Gasteiger partial charge >= 0.3 is 6.03 Å². The van der Waals surface area contributed by atoms with Gasteiger partial charge in [0.25, 0.3) is 17.7 Å². The van der Waals surface area contributed by atoms with Gasteiger partial charge in [0.15, 0.2) is 6.61 Å². The summed E-state index contributed by atoms with van der Waals surface area (Å²) in [5.41, 5.74) is 3.34. The van der Waals surface area contributed by atoms with Crippen molar-refractivity contribution in [1.82, 2.24) is 5.32 Å². The maximum Gasteiger partial charge on any atom is 0.335 e. The van der Waals surface area contributed by atoms with E-state index < -0.39 is 17.8 Å². The van der Waals surface area contributed by atoms with Gasteiger partial charge in [-0.1, -0.05) is 34.1 Å². The molecule has 0 atom stereocenters. The number of urea groups is 1. The number of rotatable bonds is 6. The van der Waals surface area contributed by atoms with Crippen LogP contribution >= 0.6 is 31.9 Å². The fourth-order valence-corrected chi connectivity index (χ4v) is 4.35. The average molecular weight is 627 g/mol. The number of hydrogen-bond donors (Lipinski definition) is 2. The number of imide groups is 2. The number of nitrogens with zero attached hydrogens (tertiary/aromatic N) is 1. The molecule has 5 amide bonds. The lowest BCUT2D eigenvalue weighted by Crippen LogP contribution is -2.54. The Morgan fingerprint density at radius 2 is 1.73 bits per heavy atom. The molecule has 8 nitrogen and oxygen atoms in total. The van der Waals surface area contributed by atoms with Crippen molar-refractivity contribution in [3.8, 4) is 5.75 Å². The second kappa shape index (κ2) is 11.1. The molecular weight excluding hydrogens is 606 g/mol. The molecule has 0 aromatic heterocycles.